The zero-order chi connectivity index (χ0) is 15.5. The van der Waals surface area contributed by atoms with Gasteiger partial charge in [-0.15, -0.1) is 0 Å². The van der Waals surface area contributed by atoms with E-state index in [2.05, 4.69) is 69.3 Å². The van der Waals surface area contributed by atoms with Gasteiger partial charge in [-0.05, 0) is 0 Å². The molecule has 0 spiro atoms. The summed E-state index contributed by atoms with van der Waals surface area (Å²) in [5, 5.41) is 0. The van der Waals surface area contributed by atoms with Gasteiger partial charge >= 0.3 is 143 Å². The minimum Gasteiger partial charge on any atom is -1.00 e. The van der Waals surface area contributed by atoms with Crippen LogP contribution in [0.5, 0.6) is 0 Å². The fraction of sp³-hybridized carbons (Fsp3) is 0.381. The van der Waals surface area contributed by atoms with Crippen LogP contribution in [0.1, 0.15) is 61.2 Å². The Labute approximate surface area is 167 Å². The van der Waals surface area contributed by atoms with Crippen LogP contribution in [0.15, 0.2) is 51.9 Å². The predicted octanol–water partition coefficient (Wildman–Crippen LogP) is -0.00290. The Kier molecular flexibility index (Phi) is 9.14. The van der Waals surface area contributed by atoms with Gasteiger partial charge in [0.15, 0.2) is 0 Å². The van der Waals surface area contributed by atoms with Crippen molar-refractivity contribution in [2.45, 2.75) is 50.1 Å². The number of allylic oxidation sites excluding steroid dienone is 6. The van der Waals surface area contributed by atoms with Gasteiger partial charge in [-0.2, -0.15) is 0 Å². The first-order valence-electron chi connectivity index (χ1n) is 8.55. The standard InChI is InChI=1S/C13H15.C5H5.C3H6.2ClH.Zr/c1-2-3-6-11-9-10-12-7-4-5-8-13(11)12;1-2-4-5-3-1;1-3-2;;;/h4-5,7-10H,2-3,6H2,1H3;1-3H,4H2;1-2H3;2*1H;/q;;;;;+2/p-2. The summed E-state index contributed by atoms with van der Waals surface area (Å²) in [5.41, 5.74) is 4.79. The van der Waals surface area contributed by atoms with Crippen molar-refractivity contribution in [1.82, 2.24) is 0 Å². The monoisotopic (exact) mass is 438 g/mol. The van der Waals surface area contributed by atoms with E-state index in [4.69, 9.17) is 0 Å². The Balaban J connectivity index is 0.00000144. The Bertz CT molecular complexity index is 692. The van der Waals surface area contributed by atoms with Crippen molar-refractivity contribution >= 4 is 8.78 Å². The zero-order valence-corrected chi connectivity index (χ0v) is 18.8. The Hall–Kier alpha value is -0.227. The summed E-state index contributed by atoms with van der Waals surface area (Å²) in [7, 11) is 0. The van der Waals surface area contributed by atoms with Gasteiger partial charge in [0.05, 0.1) is 0 Å². The largest absolute Gasteiger partial charge is 1.00 e. The fourth-order valence-electron chi connectivity index (χ4n) is 3.74. The molecule has 0 nitrogen and oxygen atoms in total. The summed E-state index contributed by atoms with van der Waals surface area (Å²) in [5.74, 6) is 0. The molecule has 1 aromatic rings. The average molecular weight is 441 g/mol. The van der Waals surface area contributed by atoms with E-state index in [1.54, 1.807) is 23.2 Å². The van der Waals surface area contributed by atoms with Crippen molar-refractivity contribution in [2.75, 3.05) is 0 Å². The van der Waals surface area contributed by atoms with Crippen molar-refractivity contribution < 1.29 is 46.1 Å². The first-order valence-corrected chi connectivity index (χ1v) is 12.4. The van der Waals surface area contributed by atoms with Crippen LogP contribution < -0.4 is 24.8 Å². The van der Waals surface area contributed by atoms with E-state index in [0.29, 0.717) is 0 Å². The van der Waals surface area contributed by atoms with Crippen LogP contribution in [0.3, 0.4) is 0 Å². The molecule has 0 saturated heterocycles. The SMILES string of the molecule is CCCCC1=C[CH]([Zr+2]([C]2=CC=CC2)=[C](C)C)c2ccccc21.[Cl-].[Cl-]. The average Bonchev–Trinajstić information content (AvgIpc) is 3.15. The van der Waals surface area contributed by atoms with Crippen molar-refractivity contribution in [3.63, 3.8) is 0 Å². The molecule has 2 aliphatic rings. The van der Waals surface area contributed by atoms with Crippen molar-refractivity contribution in [1.29, 1.82) is 0 Å². The van der Waals surface area contributed by atoms with E-state index in [1.807, 2.05) is 0 Å². The van der Waals surface area contributed by atoms with Gasteiger partial charge in [0.2, 0.25) is 0 Å². The third-order valence-corrected chi connectivity index (χ3v) is 12.7. The van der Waals surface area contributed by atoms with E-state index in [1.165, 1.54) is 25.7 Å². The molecule has 0 saturated carbocycles. The molecule has 1 unspecified atom stereocenters. The summed E-state index contributed by atoms with van der Waals surface area (Å²) in [6.07, 6.45) is 14.7. The predicted molar refractivity (Wildman–Crippen MR) is 94.9 cm³/mol. The number of rotatable bonds is 5. The second-order valence-electron chi connectivity index (χ2n) is 6.60. The first kappa shape index (κ1) is 21.8. The molecule has 0 aromatic heterocycles. The van der Waals surface area contributed by atoms with Crippen LogP contribution in [0.25, 0.3) is 5.57 Å². The molecule has 1 aromatic carbocycles. The summed E-state index contributed by atoms with van der Waals surface area (Å²) in [6, 6.07) is 9.18. The molecule has 0 N–H and O–H groups in total. The molecule has 0 radical (unpaired) electrons. The number of hydrogen-bond donors (Lipinski definition) is 0. The molecule has 0 aliphatic heterocycles. The Morgan fingerprint density at radius 2 is 1.92 bits per heavy atom. The third kappa shape index (κ3) is 4.48. The van der Waals surface area contributed by atoms with E-state index in [-0.39, 0.29) is 24.8 Å². The first-order chi connectivity index (χ1) is 10.7. The van der Waals surface area contributed by atoms with Crippen LogP contribution in [0, 0.1) is 0 Å². The van der Waals surface area contributed by atoms with Gasteiger partial charge < -0.3 is 24.8 Å². The molecule has 1 atom stereocenters. The summed E-state index contributed by atoms with van der Waals surface area (Å²) in [6.45, 7) is 7.06. The summed E-state index contributed by atoms with van der Waals surface area (Å²) < 4.78 is 4.22. The Morgan fingerprint density at radius 1 is 1.17 bits per heavy atom. The molecule has 0 heterocycles. The molecular formula is C21H26Cl2Zr. The maximum atomic E-state index is 2.65. The zero-order valence-electron chi connectivity index (χ0n) is 14.8. The maximum absolute atomic E-state index is 2.65. The third-order valence-electron chi connectivity index (χ3n) is 4.78. The summed E-state index contributed by atoms with van der Waals surface area (Å²) in [4.78, 5) is 0. The number of unbranched alkanes of at least 4 members (excludes halogenated alkanes) is 1. The molecule has 2 aliphatic carbocycles. The molecule has 24 heavy (non-hydrogen) atoms. The number of hydrogen-bond acceptors (Lipinski definition) is 0. The summed E-state index contributed by atoms with van der Waals surface area (Å²) >= 11 is -1.76. The minimum absolute atomic E-state index is 0. The van der Waals surface area contributed by atoms with Crippen LogP contribution in [-0.2, 0) is 21.3 Å². The van der Waals surface area contributed by atoms with Gasteiger partial charge in [-0.3, -0.25) is 0 Å². The van der Waals surface area contributed by atoms with Gasteiger partial charge in [0.25, 0.3) is 0 Å². The van der Waals surface area contributed by atoms with Gasteiger partial charge in [-0.25, -0.2) is 0 Å². The van der Waals surface area contributed by atoms with Gasteiger partial charge in [0.1, 0.15) is 0 Å². The molecule has 3 rings (SSSR count). The van der Waals surface area contributed by atoms with Crippen molar-refractivity contribution in [3.8, 4) is 0 Å². The Morgan fingerprint density at radius 3 is 2.54 bits per heavy atom. The normalized spacial score (nSPS) is 17.0. The maximum Gasteiger partial charge on any atom is -1.00 e. The van der Waals surface area contributed by atoms with Crippen LogP contribution in [0.4, 0.5) is 0 Å². The molecule has 0 amide bonds. The quantitative estimate of drug-likeness (QED) is 0.605. The fourth-order valence-corrected chi connectivity index (χ4v) is 11.6. The van der Waals surface area contributed by atoms with Crippen molar-refractivity contribution in [3.05, 3.63) is 63.0 Å². The molecule has 0 bridgehead atoms. The molecule has 3 heteroatoms. The topological polar surface area (TPSA) is 0 Å². The minimum atomic E-state index is -1.76. The van der Waals surface area contributed by atoms with Gasteiger partial charge in [-0.1, -0.05) is 0 Å². The van der Waals surface area contributed by atoms with Crippen molar-refractivity contribution in [2.24, 2.45) is 0 Å². The second-order valence-corrected chi connectivity index (χ2v) is 14.2. The van der Waals surface area contributed by atoms with E-state index >= 15 is 0 Å². The molecule has 0 fully saturated rings. The number of halogens is 2. The second kappa shape index (κ2) is 10.1. The van der Waals surface area contributed by atoms with E-state index in [9.17, 15) is 0 Å². The van der Waals surface area contributed by atoms with Crippen LogP contribution in [0.2, 0.25) is 0 Å². The van der Waals surface area contributed by atoms with Crippen LogP contribution in [-0.4, -0.2) is 3.21 Å². The van der Waals surface area contributed by atoms with Crippen LogP contribution >= 0.6 is 0 Å². The number of benzene rings is 1. The smallest absolute Gasteiger partial charge is 1.00 e. The molecule has 128 valence electrons. The van der Waals surface area contributed by atoms with E-state index < -0.39 is 21.3 Å². The van der Waals surface area contributed by atoms with E-state index in [0.717, 1.165) is 3.63 Å². The number of fused-ring (bicyclic) bond motifs is 1. The van der Waals surface area contributed by atoms with Gasteiger partial charge in [0, 0.05) is 0 Å². The molecular weight excluding hydrogens is 414 g/mol.